The number of hydrogen-bond donors (Lipinski definition) is 2. The number of anilines is 2. The van der Waals surface area contributed by atoms with Gasteiger partial charge in [-0.05, 0) is 37.1 Å². The maximum atomic E-state index is 13.4. The van der Waals surface area contributed by atoms with Crippen molar-refractivity contribution >= 4 is 23.2 Å². The molecule has 0 aromatic heterocycles. The molecule has 2 fully saturated rings. The van der Waals surface area contributed by atoms with Crippen molar-refractivity contribution in [3.8, 4) is 0 Å². The van der Waals surface area contributed by atoms with E-state index in [4.69, 9.17) is 0 Å². The van der Waals surface area contributed by atoms with Crippen LogP contribution in [0.15, 0.2) is 60.7 Å². The van der Waals surface area contributed by atoms with E-state index in [2.05, 4.69) is 34.9 Å². The van der Waals surface area contributed by atoms with Gasteiger partial charge < -0.3 is 10.6 Å². The van der Waals surface area contributed by atoms with E-state index in [9.17, 15) is 27.2 Å². The summed E-state index contributed by atoms with van der Waals surface area (Å²) in [4.78, 5) is 24.3. The normalized spacial score (nSPS) is 17.8. The molecule has 0 spiro atoms. The molecule has 4 aliphatic rings. The number of benzene rings is 2. The number of carbonyl (C=O) groups excluding carboxylic acids is 2. The van der Waals surface area contributed by atoms with Crippen LogP contribution < -0.4 is 10.6 Å². The van der Waals surface area contributed by atoms with Gasteiger partial charge in [-0.15, -0.1) is 49.2 Å². The molecular weight excluding hydrogens is 640 g/mol. The second kappa shape index (κ2) is 20.2. The molecule has 2 N–H and O–H groups in total. The summed E-state index contributed by atoms with van der Waals surface area (Å²) in [6.07, 6.45) is 29.6. The Labute approximate surface area is 291 Å². The molecule has 2 saturated carbocycles. The van der Waals surface area contributed by atoms with Crippen molar-refractivity contribution in [1.82, 2.24) is 0 Å². The van der Waals surface area contributed by atoms with Gasteiger partial charge in [-0.25, -0.2) is 41.9 Å². The van der Waals surface area contributed by atoms with Crippen LogP contribution in [0.5, 0.6) is 0 Å². The van der Waals surface area contributed by atoms with E-state index in [1.165, 1.54) is 12.1 Å². The van der Waals surface area contributed by atoms with Crippen LogP contribution in [-0.4, -0.2) is 11.8 Å². The molecule has 47 heavy (non-hydrogen) atoms. The van der Waals surface area contributed by atoms with Crippen molar-refractivity contribution in [2.45, 2.75) is 90.9 Å². The molecular formula is C38H42F4N2O2Ti. The first-order valence-corrected chi connectivity index (χ1v) is 15.8. The molecule has 0 aliphatic heterocycles. The average molecular weight is 683 g/mol. The van der Waals surface area contributed by atoms with Crippen LogP contribution in [0.3, 0.4) is 0 Å². The van der Waals surface area contributed by atoms with Gasteiger partial charge in [0.1, 0.15) is 0 Å². The second-order valence-electron chi connectivity index (χ2n) is 12.2. The van der Waals surface area contributed by atoms with Crippen LogP contribution in [0.4, 0.5) is 28.9 Å². The third-order valence-corrected chi connectivity index (χ3v) is 8.40. The molecule has 0 unspecified atom stereocenters. The molecule has 2 aromatic rings. The van der Waals surface area contributed by atoms with E-state index in [0.29, 0.717) is 0 Å². The minimum Gasteiger partial charge on any atom is -0.376 e. The van der Waals surface area contributed by atoms with Gasteiger partial charge in [-0.1, -0.05) is 52.4 Å². The van der Waals surface area contributed by atoms with Gasteiger partial charge in [-0.3, -0.25) is 21.7 Å². The van der Waals surface area contributed by atoms with Crippen molar-refractivity contribution < 1.29 is 48.9 Å². The summed E-state index contributed by atoms with van der Waals surface area (Å²) in [5, 5.41) is 5.07. The number of nitrogens with one attached hydrogen (secondary N) is 2. The van der Waals surface area contributed by atoms with Gasteiger partial charge in [0.2, 0.25) is 11.8 Å². The predicted molar refractivity (Wildman–Crippen MR) is 173 cm³/mol. The fourth-order valence-electron chi connectivity index (χ4n) is 5.43. The third-order valence-electron chi connectivity index (χ3n) is 8.40. The molecule has 6 rings (SSSR count). The van der Waals surface area contributed by atoms with E-state index in [-0.39, 0.29) is 44.9 Å². The van der Waals surface area contributed by atoms with Crippen LogP contribution in [0.1, 0.15) is 90.9 Å². The molecule has 4 aliphatic carbocycles. The first-order chi connectivity index (χ1) is 22.0. The minimum absolute atomic E-state index is 0. The van der Waals surface area contributed by atoms with Crippen molar-refractivity contribution in [3.63, 3.8) is 0 Å². The van der Waals surface area contributed by atoms with Crippen molar-refractivity contribution in [2.75, 3.05) is 10.6 Å². The van der Waals surface area contributed by atoms with Crippen LogP contribution in [-0.2, 0) is 31.3 Å². The molecule has 0 atom stereocenters. The SMILES string of the molecule is CC1(C(=O)Nc2ccc(F)[c-]c2F)CCCCC1.CC1(C(=O)Nc2ccc(F)[c-]c2F)CCCCC1.[C-]1=CC=CC1.[C-]1=CC=CC1.[Ti+4]. The fraction of sp³-hybridized carbons (Fsp3) is 0.421. The van der Waals surface area contributed by atoms with Crippen LogP contribution >= 0.6 is 0 Å². The molecule has 2 aromatic carbocycles. The van der Waals surface area contributed by atoms with E-state index in [1.54, 1.807) is 0 Å². The number of allylic oxidation sites excluding steroid dienone is 8. The zero-order valence-corrected chi connectivity index (χ0v) is 28.6. The van der Waals surface area contributed by atoms with Gasteiger partial charge in [0.25, 0.3) is 0 Å². The quantitative estimate of drug-likeness (QED) is 0.192. The Bertz CT molecular complexity index is 1300. The van der Waals surface area contributed by atoms with Gasteiger partial charge in [0, 0.05) is 34.1 Å². The topological polar surface area (TPSA) is 58.2 Å². The summed E-state index contributed by atoms with van der Waals surface area (Å²) >= 11 is 0. The average Bonchev–Trinajstić information content (AvgIpc) is 3.81. The number of hydrogen-bond acceptors (Lipinski definition) is 2. The molecule has 0 heterocycles. The van der Waals surface area contributed by atoms with E-state index in [1.807, 2.05) is 50.3 Å². The van der Waals surface area contributed by atoms with Crippen molar-refractivity contribution in [1.29, 1.82) is 0 Å². The number of amides is 2. The molecule has 0 radical (unpaired) electrons. The molecule has 4 nitrogen and oxygen atoms in total. The van der Waals surface area contributed by atoms with Gasteiger partial charge in [0.05, 0.1) is 0 Å². The van der Waals surface area contributed by atoms with E-state index >= 15 is 0 Å². The maximum absolute atomic E-state index is 13.4. The summed E-state index contributed by atoms with van der Waals surface area (Å²) in [6.45, 7) is 3.79. The Morgan fingerprint density at radius 3 is 1.23 bits per heavy atom. The Morgan fingerprint density at radius 1 is 0.617 bits per heavy atom. The van der Waals surface area contributed by atoms with Gasteiger partial charge in [0.15, 0.2) is 0 Å². The zero-order chi connectivity index (χ0) is 33.4. The number of halogens is 4. The monoisotopic (exact) mass is 682 g/mol. The number of rotatable bonds is 4. The van der Waals surface area contributed by atoms with Crippen molar-refractivity contribution in [3.05, 3.63) is 108 Å². The van der Waals surface area contributed by atoms with Gasteiger partial charge >= 0.3 is 21.7 Å². The first-order valence-electron chi connectivity index (χ1n) is 15.8. The molecule has 0 saturated heterocycles. The van der Waals surface area contributed by atoms with E-state index in [0.717, 1.165) is 89.2 Å². The summed E-state index contributed by atoms with van der Waals surface area (Å²) < 4.78 is 52.2. The Kier molecular flexibility index (Phi) is 17.2. The third kappa shape index (κ3) is 13.4. The molecule has 2 amide bonds. The minimum atomic E-state index is -0.859. The Hall–Kier alpha value is -3.23. The predicted octanol–water partition coefficient (Wildman–Crippen LogP) is 9.96. The first kappa shape index (κ1) is 40.0. The van der Waals surface area contributed by atoms with Crippen LogP contribution in [0, 0.1) is 58.4 Å². The van der Waals surface area contributed by atoms with E-state index < -0.39 is 34.1 Å². The zero-order valence-electron chi connectivity index (χ0n) is 27.1. The number of carbonyl (C=O) groups is 2. The Balaban J connectivity index is 0.000000248. The van der Waals surface area contributed by atoms with Gasteiger partial charge in [-0.2, -0.15) is 12.2 Å². The van der Waals surface area contributed by atoms with Crippen molar-refractivity contribution in [2.24, 2.45) is 10.8 Å². The smallest absolute Gasteiger partial charge is 0.376 e. The summed E-state index contributed by atoms with van der Waals surface area (Å²) in [7, 11) is 0. The fourth-order valence-corrected chi connectivity index (χ4v) is 5.43. The Morgan fingerprint density at radius 2 is 0.979 bits per heavy atom. The summed E-state index contributed by atoms with van der Waals surface area (Å²) in [5.74, 6) is -3.64. The largest absolute Gasteiger partial charge is 4.00 e. The summed E-state index contributed by atoms with van der Waals surface area (Å²) in [6, 6.07) is 8.45. The van der Waals surface area contributed by atoms with Crippen LogP contribution in [0.25, 0.3) is 0 Å². The standard InChI is InChI=1S/2C14H16F2NO.2C5H5.Ti/c2*1-14(7-3-2-4-8-14)13(18)17-12-6-5-10(15)9-11(12)16;2*1-2-4-5-3-1;/h2*5-6H,2-4,7-8H2,1H3,(H,17,18);2*1-3H,4H2;/q4*-1;+4. The summed E-state index contributed by atoms with van der Waals surface area (Å²) in [5.41, 5.74) is -0.903. The van der Waals surface area contributed by atoms with Crippen LogP contribution in [0.2, 0.25) is 0 Å². The molecule has 9 heteroatoms. The maximum Gasteiger partial charge on any atom is 4.00 e. The molecule has 0 bridgehead atoms. The molecule has 248 valence electrons. The second-order valence-corrected chi connectivity index (χ2v) is 12.2.